The van der Waals surface area contributed by atoms with Gasteiger partial charge in [0, 0.05) is 0 Å². The van der Waals surface area contributed by atoms with Gasteiger partial charge >= 0.3 is 13.3 Å². The number of ether oxygens (including phenoxy) is 1. The number of alkyl halides is 3. The molecule has 0 bridgehead atoms. The lowest BCUT2D eigenvalue weighted by Crippen LogP contribution is -2.41. The standard InChI is InChI=1S/C15H20BF3O3/c1-6-20-12-8-7-10(9-11(12)15(17,18)19)16-21-13(2,3)14(4,5)22-16/h7-9H,6H2,1-5H3. The van der Waals surface area contributed by atoms with Crippen LogP contribution >= 0.6 is 0 Å². The highest BCUT2D eigenvalue weighted by Gasteiger charge is 2.52. The van der Waals surface area contributed by atoms with E-state index in [1.54, 1.807) is 13.0 Å². The Morgan fingerprint density at radius 3 is 2.09 bits per heavy atom. The van der Waals surface area contributed by atoms with Crippen molar-refractivity contribution in [3.8, 4) is 5.75 Å². The molecule has 1 aliphatic heterocycles. The summed E-state index contributed by atoms with van der Waals surface area (Å²) in [7, 11) is -0.832. The molecular weight excluding hydrogens is 296 g/mol. The molecule has 0 radical (unpaired) electrons. The van der Waals surface area contributed by atoms with Crippen LogP contribution < -0.4 is 10.2 Å². The van der Waals surface area contributed by atoms with Gasteiger partial charge in [0.15, 0.2) is 0 Å². The first kappa shape index (κ1) is 17.2. The van der Waals surface area contributed by atoms with Crippen LogP contribution in [0.15, 0.2) is 18.2 Å². The van der Waals surface area contributed by atoms with Crippen LogP contribution in [0.3, 0.4) is 0 Å². The van der Waals surface area contributed by atoms with Crippen LogP contribution in [0.25, 0.3) is 0 Å². The summed E-state index contributed by atoms with van der Waals surface area (Å²) in [6, 6.07) is 3.89. The van der Waals surface area contributed by atoms with Crippen molar-refractivity contribution in [2.45, 2.75) is 52.0 Å². The van der Waals surface area contributed by atoms with Gasteiger partial charge < -0.3 is 14.0 Å². The van der Waals surface area contributed by atoms with E-state index in [4.69, 9.17) is 14.0 Å². The number of rotatable bonds is 3. The van der Waals surface area contributed by atoms with Crippen LogP contribution in [0.2, 0.25) is 0 Å². The summed E-state index contributed by atoms with van der Waals surface area (Å²) in [6.45, 7) is 9.22. The van der Waals surface area contributed by atoms with Crippen LogP contribution in [0.4, 0.5) is 13.2 Å². The molecule has 0 atom stereocenters. The maximum absolute atomic E-state index is 13.2. The summed E-state index contributed by atoms with van der Waals surface area (Å²) in [5, 5.41) is 0. The van der Waals surface area contributed by atoms with Crippen LogP contribution in [0, 0.1) is 0 Å². The van der Waals surface area contributed by atoms with Gasteiger partial charge in [0.2, 0.25) is 0 Å². The van der Waals surface area contributed by atoms with Crippen molar-refractivity contribution < 1.29 is 27.2 Å². The highest BCUT2D eigenvalue weighted by atomic mass is 19.4. The van der Waals surface area contributed by atoms with Crippen molar-refractivity contribution in [1.82, 2.24) is 0 Å². The van der Waals surface area contributed by atoms with E-state index in [0.29, 0.717) is 5.46 Å². The molecule has 7 heteroatoms. The average Bonchev–Trinajstić information content (AvgIpc) is 2.58. The summed E-state index contributed by atoms with van der Waals surface area (Å²) >= 11 is 0. The van der Waals surface area contributed by atoms with E-state index in [0.717, 1.165) is 6.07 Å². The van der Waals surface area contributed by atoms with Gasteiger partial charge in [-0.25, -0.2) is 0 Å². The molecular formula is C15H20BF3O3. The Bertz CT molecular complexity index is 539. The molecule has 1 aromatic rings. The van der Waals surface area contributed by atoms with Crippen molar-refractivity contribution in [1.29, 1.82) is 0 Å². The molecule has 2 rings (SSSR count). The zero-order chi connectivity index (χ0) is 16.8. The first-order chi connectivity index (χ1) is 9.98. The summed E-state index contributed by atoms with van der Waals surface area (Å²) < 4.78 is 56.2. The summed E-state index contributed by atoms with van der Waals surface area (Å²) in [4.78, 5) is 0. The molecule has 0 aromatic heterocycles. The Kier molecular flexibility index (Phi) is 4.26. The van der Waals surface area contributed by atoms with Gasteiger partial charge in [0.25, 0.3) is 0 Å². The Hall–Kier alpha value is -1.21. The van der Waals surface area contributed by atoms with Crippen LogP contribution in [0.5, 0.6) is 5.75 Å². The van der Waals surface area contributed by atoms with E-state index in [1.807, 2.05) is 27.7 Å². The smallest absolute Gasteiger partial charge is 0.493 e. The molecule has 0 aliphatic carbocycles. The maximum atomic E-state index is 13.2. The molecule has 1 aliphatic rings. The van der Waals surface area contributed by atoms with E-state index in [9.17, 15) is 13.2 Å². The molecule has 122 valence electrons. The van der Waals surface area contributed by atoms with Gasteiger partial charge in [-0.15, -0.1) is 0 Å². The minimum absolute atomic E-state index is 0.166. The predicted octanol–water partition coefficient (Wildman–Crippen LogP) is 3.40. The lowest BCUT2D eigenvalue weighted by molar-refractivity contribution is -0.138. The maximum Gasteiger partial charge on any atom is 0.494 e. The van der Waals surface area contributed by atoms with Crippen molar-refractivity contribution >= 4 is 12.6 Å². The third kappa shape index (κ3) is 3.10. The van der Waals surface area contributed by atoms with Crippen LogP contribution in [-0.2, 0) is 15.5 Å². The second kappa shape index (κ2) is 5.46. The third-order valence-electron chi connectivity index (χ3n) is 4.13. The highest BCUT2D eigenvalue weighted by Crippen LogP contribution is 2.38. The first-order valence-electron chi connectivity index (χ1n) is 7.17. The minimum Gasteiger partial charge on any atom is -0.493 e. The SMILES string of the molecule is CCOc1ccc(B2OC(C)(C)C(C)(C)O2)cc1C(F)(F)F. The molecule has 0 unspecified atom stereocenters. The summed E-state index contributed by atoms with van der Waals surface area (Å²) in [5.41, 5.74) is -1.69. The van der Waals surface area contributed by atoms with Gasteiger partial charge in [-0.1, -0.05) is 6.07 Å². The van der Waals surface area contributed by atoms with E-state index in [1.165, 1.54) is 6.07 Å². The topological polar surface area (TPSA) is 27.7 Å². The number of benzene rings is 1. The molecule has 3 nitrogen and oxygen atoms in total. The normalized spacial score (nSPS) is 20.3. The zero-order valence-corrected chi connectivity index (χ0v) is 13.4. The largest absolute Gasteiger partial charge is 0.494 e. The van der Waals surface area contributed by atoms with Gasteiger partial charge in [-0.2, -0.15) is 13.2 Å². The summed E-state index contributed by atoms with van der Waals surface area (Å²) in [5.74, 6) is -0.185. The Morgan fingerprint density at radius 2 is 1.64 bits per heavy atom. The fraction of sp³-hybridized carbons (Fsp3) is 0.600. The zero-order valence-electron chi connectivity index (χ0n) is 13.4. The molecule has 1 aromatic carbocycles. The van der Waals surface area contributed by atoms with Crippen molar-refractivity contribution in [3.05, 3.63) is 23.8 Å². The predicted molar refractivity (Wildman–Crippen MR) is 78.3 cm³/mol. The first-order valence-corrected chi connectivity index (χ1v) is 7.17. The number of halogens is 3. The van der Waals surface area contributed by atoms with Crippen molar-refractivity contribution in [2.75, 3.05) is 6.61 Å². The second-order valence-electron chi connectivity index (χ2n) is 6.27. The minimum atomic E-state index is -4.50. The van der Waals surface area contributed by atoms with Crippen LogP contribution in [0.1, 0.15) is 40.2 Å². The number of hydrogen-bond acceptors (Lipinski definition) is 3. The van der Waals surface area contributed by atoms with E-state index < -0.39 is 30.1 Å². The average molecular weight is 316 g/mol. The third-order valence-corrected chi connectivity index (χ3v) is 4.13. The Balaban J connectivity index is 2.38. The van der Waals surface area contributed by atoms with E-state index in [2.05, 4.69) is 0 Å². The fourth-order valence-corrected chi connectivity index (χ4v) is 2.18. The molecule has 0 amide bonds. The lowest BCUT2D eigenvalue weighted by atomic mass is 9.78. The van der Waals surface area contributed by atoms with Gasteiger partial charge in [0.05, 0.1) is 23.4 Å². The van der Waals surface area contributed by atoms with Crippen molar-refractivity contribution in [3.63, 3.8) is 0 Å². The molecule has 22 heavy (non-hydrogen) atoms. The van der Waals surface area contributed by atoms with E-state index in [-0.39, 0.29) is 12.4 Å². The van der Waals surface area contributed by atoms with Gasteiger partial charge in [0.1, 0.15) is 5.75 Å². The Labute approximate surface area is 128 Å². The lowest BCUT2D eigenvalue weighted by Gasteiger charge is -2.32. The van der Waals surface area contributed by atoms with E-state index >= 15 is 0 Å². The molecule has 0 saturated carbocycles. The Morgan fingerprint density at radius 1 is 1.09 bits per heavy atom. The van der Waals surface area contributed by atoms with Gasteiger partial charge in [-0.05, 0) is 52.2 Å². The highest BCUT2D eigenvalue weighted by molar-refractivity contribution is 6.62. The molecule has 1 saturated heterocycles. The van der Waals surface area contributed by atoms with Crippen molar-refractivity contribution in [2.24, 2.45) is 0 Å². The summed E-state index contributed by atoms with van der Waals surface area (Å²) in [6.07, 6.45) is -4.50. The molecule has 0 spiro atoms. The second-order valence-corrected chi connectivity index (χ2v) is 6.27. The monoisotopic (exact) mass is 316 g/mol. The quantitative estimate of drug-likeness (QED) is 0.800. The number of hydrogen-bond donors (Lipinski definition) is 0. The fourth-order valence-electron chi connectivity index (χ4n) is 2.18. The molecule has 0 N–H and O–H groups in total. The molecule has 1 fully saturated rings. The van der Waals surface area contributed by atoms with Crippen LogP contribution in [-0.4, -0.2) is 24.9 Å². The molecule has 1 heterocycles. The van der Waals surface area contributed by atoms with Gasteiger partial charge in [-0.3, -0.25) is 0 Å².